The molecule has 1 fully saturated rings. The molecule has 2 heterocycles. The third-order valence-corrected chi connectivity index (χ3v) is 4.35. The highest BCUT2D eigenvalue weighted by atomic mass is 32.1. The zero-order chi connectivity index (χ0) is 13.7. The predicted molar refractivity (Wildman–Crippen MR) is 73.1 cm³/mol. The zero-order valence-electron chi connectivity index (χ0n) is 11.2. The third-order valence-electron chi connectivity index (χ3n) is 3.36. The number of thiazole rings is 1. The molecule has 0 bridgehead atoms. The van der Waals surface area contributed by atoms with Gasteiger partial charge in [-0.3, -0.25) is 4.79 Å². The molecule has 106 valence electrons. The van der Waals surface area contributed by atoms with Crippen LogP contribution in [-0.4, -0.2) is 53.8 Å². The quantitative estimate of drug-likeness (QED) is 0.890. The molecule has 0 spiro atoms. The summed E-state index contributed by atoms with van der Waals surface area (Å²) in [5, 5.41) is 9.21. The highest BCUT2D eigenvalue weighted by Gasteiger charge is 2.21. The molecule has 19 heavy (non-hydrogen) atoms. The molecule has 6 heteroatoms. The van der Waals surface area contributed by atoms with Crippen molar-refractivity contribution in [2.75, 3.05) is 32.9 Å². The van der Waals surface area contributed by atoms with Crippen LogP contribution in [0.15, 0.2) is 5.51 Å². The number of ether oxygens (including phenoxy) is 1. The van der Waals surface area contributed by atoms with Gasteiger partial charge >= 0.3 is 0 Å². The molecule has 5 nitrogen and oxygen atoms in total. The molecule has 1 atom stereocenters. The minimum Gasteiger partial charge on any atom is -0.396 e. The summed E-state index contributed by atoms with van der Waals surface area (Å²) >= 11 is 1.60. The Hall–Kier alpha value is -0.980. The Kier molecular flexibility index (Phi) is 5.30. The number of hydrogen-bond acceptors (Lipinski definition) is 5. The zero-order valence-corrected chi connectivity index (χ0v) is 12.0. The summed E-state index contributed by atoms with van der Waals surface area (Å²) in [6.45, 7) is 4.35. The number of aryl methyl sites for hydroxylation is 2. The van der Waals surface area contributed by atoms with Crippen LogP contribution in [0.4, 0.5) is 0 Å². The van der Waals surface area contributed by atoms with E-state index < -0.39 is 0 Å². The minimum atomic E-state index is 0.0385. The van der Waals surface area contributed by atoms with E-state index in [0.29, 0.717) is 32.7 Å². The van der Waals surface area contributed by atoms with Gasteiger partial charge in [0.05, 0.1) is 24.4 Å². The van der Waals surface area contributed by atoms with Crippen LogP contribution >= 0.6 is 11.3 Å². The first-order valence-electron chi connectivity index (χ1n) is 6.56. The van der Waals surface area contributed by atoms with Crippen LogP contribution in [-0.2, 0) is 16.0 Å². The molecule has 1 saturated heterocycles. The smallest absolute Gasteiger partial charge is 0.223 e. The Labute approximate surface area is 117 Å². The monoisotopic (exact) mass is 284 g/mol. The van der Waals surface area contributed by atoms with Gasteiger partial charge < -0.3 is 14.7 Å². The summed E-state index contributed by atoms with van der Waals surface area (Å²) in [5.41, 5.74) is 2.83. The molecule has 0 radical (unpaired) electrons. The fourth-order valence-electron chi connectivity index (χ4n) is 2.16. The molecule has 1 aromatic rings. The van der Waals surface area contributed by atoms with Gasteiger partial charge in [-0.05, 0) is 13.3 Å². The molecule has 0 unspecified atom stereocenters. The van der Waals surface area contributed by atoms with Crippen molar-refractivity contribution in [1.82, 2.24) is 9.88 Å². The van der Waals surface area contributed by atoms with Crippen molar-refractivity contribution in [2.24, 2.45) is 5.92 Å². The van der Waals surface area contributed by atoms with Gasteiger partial charge in [-0.2, -0.15) is 0 Å². The Bertz CT molecular complexity index is 422. The maximum absolute atomic E-state index is 12.2. The topological polar surface area (TPSA) is 62.7 Å². The van der Waals surface area contributed by atoms with Gasteiger partial charge in [-0.15, -0.1) is 11.3 Å². The second-order valence-corrected chi connectivity index (χ2v) is 5.76. The van der Waals surface area contributed by atoms with Crippen molar-refractivity contribution in [1.29, 1.82) is 0 Å². The highest BCUT2D eigenvalue weighted by Crippen LogP contribution is 2.16. The van der Waals surface area contributed by atoms with Crippen molar-refractivity contribution in [2.45, 2.75) is 19.8 Å². The Morgan fingerprint density at radius 1 is 1.68 bits per heavy atom. The summed E-state index contributed by atoms with van der Waals surface area (Å²) < 4.78 is 5.39. The average Bonchev–Trinajstić information content (AvgIpc) is 2.68. The first-order valence-corrected chi connectivity index (χ1v) is 7.44. The van der Waals surface area contributed by atoms with E-state index in [1.165, 1.54) is 4.88 Å². The molecular weight excluding hydrogens is 264 g/mol. The highest BCUT2D eigenvalue weighted by molar-refractivity contribution is 7.09. The predicted octanol–water partition coefficient (Wildman–Crippen LogP) is 0.851. The van der Waals surface area contributed by atoms with Crippen LogP contribution in [0.2, 0.25) is 0 Å². The molecule has 1 aliphatic rings. The fourth-order valence-corrected chi connectivity index (χ4v) is 2.94. The van der Waals surface area contributed by atoms with Crippen LogP contribution in [0.5, 0.6) is 0 Å². The number of aromatic nitrogens is 1. The van der Waals surface area contributed by atoms with Gasteiger partial charge in [0.25, 0.3) is 0 Å². The maximum atomic E-state index is 12.2. The lowest BCUT2D eigenvalue weighted by Gasteiger charge is -2.22. The first kappa shape index (κ1) is 14.4. The summed E-state index contributed by atoms with van der Waals surface area (Å²) in [6, 6.07) is 0. The van der Waals surface area contributed by atoms with E-state index in [9.17, 15) is 9.90 Å². The summed E-state index contributed by atoms with van der Waals surface area (Å²) in [5.74, 6) is 0.174. The maximum Gasteiger partial charge on any atom is 0.223 e. The number of hydrogen-bond donors (Lipinski definition) is 1. The van der Waals surface area contributed by atoms with Gasteiger partial charge in [0.1, 0.15) is 0 Å². The molecule has 0 saturated carbocycles. The number of nitrogens with zero attached hydrogens (tertiary/aromatic N) is 2. The SMILES string of the molecule is Cc1ncsc1CCC(=O)N1CCOC[C@@H](CO)C1. The van der Waals surface area contributed by atoms with Crippen molar-refractivity contribution in [3.63, 3.8) is 0 Å². The molecule has 0 aromatic carbocycles. The number of amides is 1. The number of carbonyl (C=O) groups is 1. The Morgan fingerprint density at radius 2 is 2.53 bits per heavy atom. The lowest BCUT2D eigenvalue weighted by molar-refractivity contribution is -0.131. The van der Waals surface area contributed by atoms with E-state index in [1.807, 2.05) is 17.3 Å². The third kappa shape index (κ3) is 3.99. The summed E-state index contributed by atoms with van der Waals surface area (Å²) in [7, 11) is 0. The van der Waals surface area contributed by atoms with Gasteiger partial charge in [0, 0.05) is 36.9 Å². The number of aliphatic hydroxyl groups excluding tert-OH is 1. The summed E-state index contributed by atoms with van der Waals surface area (Å²) in [4.78, 5) is 19.4. The van der Waals surface area contributed by atoms with E-state index in [-0.39, 0.29) is 18.4 Å². The van der Waals surface area contributed by atoms with Gasteiger partial charge in [0.2, 0.25) is 5.91 Å². The molecule has 1 amide bonds. The Morgan fingerprint density at radius 3 is 3.21 bits per heavy atom. The lowest BCUT2D eigenvalue weighted by atomic mass is 10.1. The molecule has 0 aliphatic carbocycles. The first-order chi connectivity index (χ1) is 9.20. The van der Waals surface area contributed by atoms with E-state index in [2.05, 4.69) is 4.98 Å². The fraction of sp³-hybridized carbons (Fsp3) is 0.692. The molecule has 1 N–H and O–H groups in total. The van der Waals surface area contributed by atoms with Gasteiger partial charge in [0.15, 0.2) is 0 Å². The van der Waals surface area contributed by atoms with E-state index >= 15 is 0 Å². The molecule has 2 rings (SSSR count). The van der Waals surface area contributed by atoms with E-state index in [0.717, 1.165) is 12.1 Å². The molecule has 1 aliphatic heterocycles. The van der Waals surface area contributed by atoms with Crippen molar-refractivity contribution < 1.29 is 14.6 Å². The molecular formula is C13H20N2O3S. The molecule has 1 aromatic heterocycles. The van der Waals surface area contributed by atoms with Crippen LogP contribution in [0, 0.1) is 12.8 Å². The van der Waals surface area contributed by atoms with E-state index in [4.69, 9.17) is 4.74 Å². The van der Waals surface area contributed by atoms with Crippen molar-refractivity contribution in [3.05, 3.63) is 16.1 Å². The standard InChI is InChI=1S/C13H20N2O3S/c1-10-12(19-9-14-10)2-3-13(17)15-4-5-18-8-11(6-15)7-16/h9,11,16H,2-8H2,1H3/t11-/m1/s1. The van der Waals surface area contributed by atoms with Gasteiger partial charge in [-0.25, -0.2) is 4.98 Å². The van der Waals surface area contributed by atoms with Crippen molar-refractivity contribution >= 4 is 17.2 Å². The second-order valence-electron chi connectivity index (χ2n) is 4.82. The number of carbonyl (C=O) groups excluding carboxylic acids is 1. The second kappa shape index (κ2) is 6.98. The summed E-state index contributed by atoms with van der Waals surface area (Å²) in [6.07, 6.45) is 1.25. The number of rotatable bonds is 4. The Balaban J connectivity index is 1.86. The van der Waals surface area contributed by atoms with Gasteiger partial charge in [-0.1, -0.05) is 0 Å². The normalized spacial score (nSPS) is 20.3. The number of aliphatic hydroxyl groups is 1. The van der Waals surface area contributed by atoms with Crippen LogP contribution < -0.4 is 0 Å². The van der Waals surface area contributed by atoms with Crippen molar-refractivity contribution in [3.8, 4) is 0 Å². The van der Waals surface area contributed by atoms with Crippen LogP contribution in [0.3, 0.4) is 0 Å². The van der Waals surface area contributed by atoms with E-state index in [1.54, 1.807) is 11.3 Å². The van der Waals surface area contributed by atoms with Crippen LogP contribution in [0.25, 0.3) is 0 Å². The average molecular weight is 284 g/mol. The lowest BCUT2D eigenvalue weighted by Crippen LogP contribution is -2.36. The van der Waals surface area contributed by atoms with Crippen LogP contribution in [0.1, 0.15) is 17.0 Å². The largest absolute Gasteiger partial charge is 0.396 e. The minimum absolute atomic E-state index is 0.0385.